The van der Waals surface area contributed by atoms with Gasteiger partial charge in [-0.2, -0.15) is 0 Å². The van der Waals surface area contributed by atoms with Crippen LogP contribution in [-0.2, 0) is 0 Å². The van der Waals surface area contributed by atoms with Gasteiger partial charge < -0.3 is 19.2 Å². The monoisotopic (exact) mass is 388 g/mol. The van der Waals surface area contributed by atoms with Gasteiger partial charge in [0.15, 0.2) is 5.58 Å². The van der Waals surface area contributed by atoms with Gasteiger partial charge >= 0.3 is 0 Å². The van der Waals surface area contributed by atoms with Crippen LogP contribution in [0.3, 0.4) is 0 Å². The quantitative estimate of drug-likeness (QED) is 0.516. The third-order valence-electron chi connectivity index (χ3n) is 4.63. The van der Waals surface area contributed by atoms with Crippen molar-refractivity contribution in [1.29, 1.82) is 0 Å². The Morgan fingerprint density at radius 3 is 2.38 bits per heavy atom. The Labute approximate surface area is 168 Å². The molecule has 0 saturated heterocycles. The van der Waals surface area contributed by atoms with E-state index in [0.29, 0.717) is 39.7 Å². The van der Waals surface area contributed by atoms with Gasteiger partial charge in [0, 0.05) is 22.9 Å². The summed E-state index contributed by atoms with van der Waals surface area (Å²) in [6.07, 6.45) is 0. The number of benzene rings is 3. The van der Waals surface area contributed by atoms with Crippen LogP contribution >= 0.6 is 0 Å². The summed E-state index contributed by atoms with van der Waals surface area (Å²) in [5, 5.41) is 2.88. The molecule has 0 radical (unpaired) electrons. The van der Waals surface area contributed by atoms with Gasteiger partial charge in [-0.3, -0.25) is 4.79 Å². The highest BCUT2D eigenvalue weighted by Gasteiger charge is 2.13. The number of fused-ring (bicyclic) bond motifs is 1. The lowest BCUT2D eigenvalue weighted by Gasteiger charge is -2.09. The van der Waals surface area contributed by atoms with Crippen molar-refractivity contribution in [2.45, 2.75) is 6.92 Å². The van der Waals surface area contributed by atoms with Crippen molar-refractivity contribution < 1.29 is 18.7 Å². The first kappa shape index (κ1) is 18.6. The molecular formula is C23H20N2O4. The van der Waals surface area contributed by atoms with E-state index in [1.807, 2.05) is 31.2 Å². The van der Waals surface area contributed by atoms with E-state index in [2.05, 4.69) is 10.3 Å². The molecule has 0 spiro atoms. The summed E-state index contributed by atoms with van der Waals surface area (Å²) in [6, 6.07) is 18.3. The predicted molar refractivity (Wildman–Crippen MR) is 112 cm³/mol. The number of hydrogen-bond donors (Lipinski definition) is 1. The predicted octanol–water partition coefficient (Wildman–Crippen LogP) is 5.07. The van der Waals surface area contributed by atoms with E-state index in [0.717, 1.165) is 11.1 Å². The number of aromatic nitrogens is 1. The molecule has 4 rings (SSSR count). The minimum atomic E-state index is -0.274. The van der Waals surface area contributed by atoms with Crippen LogP contribution in [0.1, 0.15) is 15.9 Å². The second-order valence-electron chi connectivity index (χ2n) is 6.57. The molecule has 1 heterocycles. The molecular weight excluding hydrogens is 368 g/mol. The molecule has 0 aliphatic rings. The molecule has 1 N–H and O–H groups in total. The Bertz CT molecular complexity index is 1170. The molecule has 0 bridgehead atoms. The number of nitrogens with one attached hydrogen (secondary N) is 1. The van der Waals surface area contributed by atoms with Crippen LogP contribution in [0.15, 0.2) is 65.1 Å². The van der Waals surface area contributed by atoms with Crippen molar-refractivity contribution in [2.24, 2.45) is 0 Å². The number of aryl methyl sites for hydroxylation is 1. The third-order valence-corrected chi connectivity index (χ3v) is 4.63. The van der Waals surface area contributed by atoms with E-state index in [4.69, 9.17) is 13.9 Å². The zero-order chi connectivity index (χ0) is 20.4. The van der Waals surface area contributed by atoms with Crippen molar-refractivity contribution >= 4 is 22.7 Å². The summed E-state index contributed by atoms with van der Waals surface area (Å²) in [6.45, 7) is 2.01. The van der Waals surface area contributed by atoms with Gasteiger partial charge in [-0.05, 0) is 48.9 Å². The molecule has 4 aromatic rings. The van der Waals surface area contributed by atoms with Crippen LogP contribution in [0.4, 0.5) is 5.69 Å². The number of oxazole rings is 1. The van der Waals surface area contributed by atoms with E-state index >= 15 is 0 Å². The lowest BCUT2D eigenvalue weighted by Crippen LogP contribution is -2.12. The Morgan fingerprint density at radius 2 is 1.69 bits per heavy atom. The van der Waals surface area contributed by atoms with Crippen LogP contribution in [0.5, 0.6) is 11.5 Å². The molecule has 3 aromatic carbocycles. The number of carbonyl (C=O) groups excluding carboxylic acids is 1. The van der Waals surface area contributed by atoms with E-state index in [-0.39, 0.29) is 5.91 Å². The van der Waals surface area contributed by atoms with E-state index in [1.54, 1.807) is 50.6 Å². The first-order chi connectivity index (χ1) is 14.1. The van der Waals surface area contributed by atoms with Gasteiger partial charge in [-0.1, -0.05) is 18.2 Å². The summed E-state index contributed by atoms with van der Waals surface area (Å²) < 4.78 is 16.3. The number of carbonyl (C=O) groups is 1. The molecule has 0 unspecified atom stereocenters. The highest BCUT2D eigenvalue weighted by Crippen LogP contribution is 2.29. The first-order valence-corrected chi connectivity index (χ1v) is 9.08. The molecule has 1 aromatic heterocycles. The molecule has 0 aliphatic heterocycles. The molecule has 146 valence electrons. The van der Waals surface area contributed by atoms with Crippen LogP contribution in [-0.4, -0.2) is 25.1 Å². The number of rotatable bonds is 5. The Balaban J connectivity index is 1.62. The molecule has 0 saturated carbocycles. The van der Waals surface area contributed by atoms with Gasteiger partial charge in [0.1, 0.15) is 17.0 Å². The Kier molecular flexibility index (Phi) is 4.91. The van der Waals surface area contributed by atoms with Crippen molar-refractivity contribution in [1.82, 2.24) is 4.98 Å². The Morgan fingerprint density at radius 1 is 0.966 bits per heavy atom. The van der Waals surface area contributed by atoms with E-state index in [9.17, 15) is 4.79 Å². The van der Waals surface area contributed by atoms with E-state index in [1.165, 1.54) is 0 Å². The van der Waals surface area contributed by atoms with Gasteiger partial charge in [-0.15, -0.1) is 0 Å². The molecule has 0 fully saturated rings. The molecule has 6 heteroatoms. The average Bonchev–Trinajstić information content (AvgIpc) is 3.16. The van der Waals surface area contributed by atoms with Crippen molar-refractivity contribution in [2.75, 3.05) is 19.5 Å². The van der Waals surface area contributed by atoms with Crippen LogP contribution in [0.2, 0.25) is 0 Å². The van der Waals surface area contributed by atoms with E-state index < -0.39 is 0 Å². The van der Waals surface area contributed by atoms with Gasteiger partial charge in [0.25, 0.3) is 5.91 Å². The average molecular weight is 388 g/mol. The number of hydrogen-bond acceptors (Lipinski definition) is 5. The minimum absolute atomic E-state index is 0.274. The van der Waals surface area contributed by atoms with Crippen molar-refractivity contribution in [3.05, 3.63) is 71.8 Å². The van der Waals surface area contributed by atoms with Crippen LogP contribution < -0.4 is 14.8 Å². The zero-order valence-corrected chi connectivity index (χ0v) is 16.4. The minimum Gasteiger partial charge on any atom is -0.497 e. The zero-order valence-electron chi connectivity index (χ0n) is 16.4. The lowest BCUT2D eigenvalue weighted by atomic mass is 10.1. The number of ether oxygens (including phenoxy) is 2. The largest absolute Gasteiger partial charge is 0.497 e. The molecule has 1 amide bonds. The number of anilines is 1. The number of amides is 1. The van der Waals surface area contributed by atoms with Crippen molar-refractivity contribution in [3.63, 3.8) is 0 Å². The third kappa shape index (κ3) is 3.78. The first-order valence-electron chi connectivity index (χ1n) is 9.08. The second-order valence-corrected chi connectivity index (χ2v) is 6.57. The molecule has 0 aliphatic carbocycles. The number of methoxy groups -OCH3 is 2. The summed E-state index contributed by atoms with van der Waals surface area (Å²) in [4.78, 5) is 17.3. The maximum Gasteiger partial charge on any atom is 0.255 e. The second kappa shape index (κ2) is 7.67. The highest BCUT2D eigenvalue weighted by atomic mass is 16.5. The summed E-state index contributed by atoms with van der Waals surface area (Å²) in [7, 11) is 3.09. The molecule has 0 atom stereocenters. The Hall–Kier alpha value is -3.80. The van der Waals surface area contributed by atoms with Crippen LogP contribution in [0, 0.1) is 6.92 Å². The summed E-state index contributed by atoms with van der Waals surface area (Å²) in [5.74, 6) is 1.37. The maximum absolute atomic E-state index is 12.7. The van der Waals surface area contributed by atoms with Gasteiger partial charge in [-0.25, -0.2) is 4.98 Å². The normalized spacial score (nSPS) is 10.7. The molecule has 6 nitrogen and oxygen atoms in total. The lowest BCUT2D eigenvalue weighted by molar-refractivity contribution is 0.102. The standard InChI is InChI=1S/C23H20N2O4/c1-14-6-4-5-7-19(14)23-25-20-12-16(8-9-21(20)29-23)24-22(26)15-10-17(27-2)13-18(11-15)28-3/h4-13H,1-3H3,(H,24,26). The highest BCUT2D eigenvalue weighted by molar-refractivity contribution is 6.05. The fourth-order valence-corrected chi connectivity index (χ4v) is 3.08. The summed E-state index contributed by atoms with van der Waals surface area (Å²) >= 11 is 0. The molecule has 29 heavy (non-hydrogen) atoms. The van der Waals surface area contributed by atoms with Gasteiger partial charge in [0.05, 0.1) is 14.2 Å². The van der Waals surface area contributed by atoms with Gasteiger partial charge in [0.2, 0.25) is 5.89 Å². The van der Waals surface area contributed by atoms with Crippen molar-refractivity contribution in [3.8, 4) is 23.0 Å². The smallest absolute Gasteiger partial charge is 0.255 e. The fraction of sp³-hybridized carbons (Fsp3) is 0.130. The fourth-order valence-electron chi connectivity index (χ4n) is 3.08. The SMILES string of the molecule is COc1cc(OC)cc(C(=O)Nc2ccc3oc(-c4ccccc4C)nc3c2)c1. The number of nitrogens with zero attached hydrogens (tertiary/aromatic N) is 1. The topological polar surface area (TPSA) is 73.6 Å². The van der Waals surface area contributed by atoms with Crippen LogP contribution in [0.25, 0.3) is 22.6 Å². The summed E-state index contributed by atoms with van der Waals surface area (Å²) in [5.41, 5.74) is 4.40. The maximum atomic E-state index is 12.7.